The van der Waals surface area contributed by atoms with Gasteiger partial charge in [-0.2, -0.15) is 0 Å². The number of benzene rings is 1. The van der Waals surface area contributed by atoms with Crippen LogP contribution >= 0.6 is 0 Å². The van der Waals surface area contributed by atoms with E-state index >= 15 is 0 Å². The molecule has 9 heteroatoms. The van der Waals surface area contributed by atoms with Gasteiger partial charge in [-0.1, -0.05) is 18.2 Å². The number of ether oxygens (including phenoxy) is 1. The number of urea groups is 1. The summed E-state index contributed by atoms with van der Waals surface area (Å²) in [5.74, 6) is 0.437. The number of likely N-dealkylation sites (tertiary alicyclic amines) is 1. The number of hydrogen-bond donors (Lipinski definition) is 2. The Bertz CT molecular complexity index is 1060. The van der Waals surface area contributed by atoms with Gasteiger partial charge >= 0.3 is 6.03 Å². The smallest absolute Gasteiger partial charge is 0.318 e. The molecule has 5 rings (SSSR count). The summed E-state index contributed by atoms with van der Waals surface area (Å²) in [7, 11) is 0. The highest BCUT2D eigenvalue weighted by molar-refractivity contribution is 5.76. The van der Waals surface area contributed by atoms with Crippen molar-refractivity contribution < 1.29 is 13.9 Å². The van der Waals surface area contributed by atoms with Crippen LogP contribution in [0.5, 0.6) is 0 Å². The molecule has 2 fully saturated rings. The van der Waals surface area contributed by atoms with Gasteiger partial charge in [-0.25, -0.2) is 19.2 Å². The monoisotopic (exact) mass is 482 g/mol. The van der Waals surface area contributed by atoms with Crippen LogP contribution in [0, 0.1) is 5.82 Å². The number of anilines is 1. The maximum Gasteiger partial charge on any atom is 0.318 e. The summed E-state index contributed by atoms with van der Waals surface area (Å²) in [5, 5.41) is 6.66. The summed E-state index contributed by atoms with van der Waals surface area (Å²) in [5.41, 5.74) is 2.06. The van der Waals surface area contributed by atoms with Crippen molar-refractivity contribution >= 4 is 12.0 Å². The lowest BCUT2D eigenvalue weighted by Gasteiger charge is -2.37. The number of aromatic nitrogens is 2. The molecular weight excluding hydrogens is 447 g/mol. The van der Waals surface area contributed by atoms with E-state index < -0.39 is 5.54 Å². The highest BCUT2D eigenvalue weighted by Crippen LogP contribution is 2.38. The second-order valence-corrected chi connectivity index (χ2v) is 10.3. The Morgan fingerprint density at radius 3 is 2.80 bits per heavy atom. The van der Waals surface area contributed by atoms with Crippen molar-refractivity contribution in [2.75, 3.05) is 31.6 Å². The molecule has 3 aliphatic rings. The summed E-state index contributed by atoms with van der Waals surface area (Å²) in [6, 6.07) is 7.15. The Balaban J connectivity index is 1.21. The van der Waals surface area contributed by atoms with Crippen molar-refractivity contribution in [1.82, 2.24) is 25.1 Å². The molecule has 1 unspecified atom stereocenters. The van der Waals surface area contributed by atoms with Gasteiger partial charge in [-0.15, -0.1) is 0 Å². The van der Waals surface area contributed by atoms with E-state index in [0.29, 0.717) is 37.2 Å². The molecular formula is C26H35FN6O2. The first-order chi connectivity index (χ1) is 16.9. The number of halogens is 1. The molecule has 35 heavy (non-hydrogen) atoms. The molecule has 0 aliphatic carbocycles. The fourth-order valence-electron chi connectivity index (χ4n) is 5.40. The number of hydrogen-bond acceptors (Lipinski definition) is 6. The van der Waals surface area contributed by atoms with Crippen molar-refractivity contribution in [2.24, 2.45) is 0 Å². The number of carbonyl (C=O) groups is 1. The van der Waals surface area contributed by atoms with Crippen LogP contribution in [-0.2, 0) is 23.4 Å². The third kappa shape index (κ3) is 5.26. The zero-order valence-corrected chi connectivity index (χ0v) is 20.6. The average Bonchev–Trinajstić information content (AvgIpc) is 3.11. The van der Waals surface area contributed by atoms with Gasteiger partial charge in [0.05, 0.1) is 17.8 Å². The normalized spacial score (nSPS) is 22.6. The fourth-order valence-corrected chi connectivity index (χ4v) is 5.40. The van der Waals surface area contributed by atoms with E-state index in [4.69, 9.17) is 9.72 Å². The highest BCUT2D eigenvalue weighted by atomic mass is 19.1. The molecule has 4 heterocycles. The number of amides is 2. The molecule has 3 aliphatic heterocycles. The van der Waals surface area contributed by atoms with Gasteiger partial charge in [0, 0.05) is 55.7 Å². The molecule has 2 amide bonds. The first-order valence-electron chi connectivity index (χ1n) is 12.6. The summed E-state index contributed by atoms with van der Waals surface area (Å²) in [6.07, 6.45) is 5.62. The van der Waals surface area contributed by atoms with E-state index in [2.05, 4.69) is 20.5 Å². The Kier molecular flexibility index (Phi) is 6.88. The summed E-state index contributed by atoms with van der Waals surface area (Å²) < 4.78 is 19.5. The Hall–Kier alpha value is -2.78. The molecule has 0 saturated carbocycles. The molecule has 1 atom stereocenters. The lowest BCUT2D eigenvalue weighted by atomic mass is 9.97. The second kappa shape index (κ2) is 10.1. The third-order valence-electron chi connectivity index (χ3n) is 7.49. The molecule has 0 spiro atoms. The minimum atomic E-state index is -0.502. The first-order valence-corrected chi connectivity index (χ1v) is 12.6. The standard InChI is InChI=1S/C26H35FN6O2/c1-26(2)21-14-28-24(29-19-9-12-35-13-10-19)31-23(21)17-33(26)25(34)30-20-7-5-11-32(16-20)15-18-6-3-4-8-22(18)27/h3-4,6,8,14,19-20H,5,7,9-13,15-17H2,1-2H3,(H,30,34)(H,28,29,31). The predicted molar refractivity (Wildman–Crippen MR) is 131 cm³/mol. The first kappa shape index (κ1) is 23.9. The number of fused-ring (bicyclic) bond motifs is 1. The Morgan fingerprint density at radius 2 is 2.00 bits per heavy atom. The van der Waals surface area contributed by atoms with E-state index in [9.17, 15) is 9.18 Å². The van der Waals surface area contributed by atoms with Crippen LogP contribution in [0.4, 0.5) is 15.1 Å². The molecule has 1 aromatic carbocycles. The summed E-state index contributed by atoms with van der Waals surface area (Å²) in [6.45, 7) is 8.20. The van der Waals surface area contributed by atoms with E-state index in [1.165, 1.54) is 6.07 Å². The molecule has 8 nitrogen and oxygen atoms in total. The van der Waals surface area contributed by atoms with Crippen LogP contribution < -0.4 is 10.6 Å². The van der Waals surface area contributed by atoms with Crippen molar-refractivity contribution in [3.63, 3.8) is 0 Å². The van der Waals surface area contributed by atoms with Crippen LogP contribution in [0.15, 0.2) is 30.5 Å². The van der Waals surface area contributed by atoms with Gasteiger partial charge in [-0.3, -0.25) is 4.90 Å². The van der Waals surface area contributed by atoms with E-state index in [-0.39, 0.29) is 17.9 Å². The van der Waals surface area contributed by atoms with Crippen molar-refractivity contribution in [3.8, 4) is 0 Å². The third-order valence-corrected chi connectivity index (χ3v) is 7.49. The molecule has 0 bridgehead atoms. The zero-order valence-electron chi connectivity index (χ0n) is 20.6. The molecule has 0 radical (unpaired) electrons. The molecule has 1 aromatic heterocycles. The van der Waals surface area contributed by atoms with Gasteiger partial charge in [0.1, 0.15) is 5.82 Å². The Labute approximate surface area is 206 Å². The number of carbonyl (C=O) groups excluding carboxylic acids is 1. The van der Waals surface area contributed by atoms with E-state index in [1.807, 2.05) is 37.1 Å². The Morgan fingerprint density at radius 1 is 1.20 bits per heavy atom. The summed E-state index contributed by atoms with van der Waals surface area (Å²) in [4.78, 5) is 26.8. The van der Waals surface area contributed by atoms with Crippen LogP contribution in [0.2, 0.25) is 0 Å². The fraction of sp³-hybridized carbons (Fsp3) is 0.577. The van der Waals surface area contributed by atoms with Gasteiger partial charge in [0.25, 0.3) is 0 Å². The largest absolute Gasteiger partial charge is 0.381 e. The number of piperidine rings is 1. The van der Waals surface area contributed by atoms with Gasteiger partial charge < -0.3 is 20.3 Å². The lowest BCUT2D eigenvalue weighted by molar-refractivity contribution is 0.0903. The molecule has 2 aromatic rings. The highest BCUT2D eigenvalue weighted by Gasteiger charge is 2.42. The predicted octanol–water partition coefficient (Wildman–Crippen LogP) is 3.63. The minimum absolute atomic E-state index is 0.0272. The quantitative estimate of drug-likeness (QED) is 0.677. The van der Waals surface area contributed by atoms with Crippen molar-refractivity contribution in [3.05, 3.63) is 53.1 Å². The van der Waals surface area contributed by atoms with Crippen molar-refractivity contribution in [2.45, 2.75) is 70.2 Å². The number of rotatable bonds is 5. The van der Waals surface area contributed by atoms with Gasteiger partial charge in [0.15, 0.2) is 0 Å². The molecule has 188 valence electrons. The average molecular weight is 483 g/mol. The molecule has 2 saturated heterocycles. The van der Waals surface area contributed by atoms with Gasteiger partial charge in [0.2, 0.25) is 5.95 Å². The number of nitrogens with one attached hydrogen (secondary N) is 2. The topological polar surface area (TPSA) is 82.6 Å². The minimum Gasteiger partial charge on any atom is -0.381 e. The van der Waals surface area contributed by atoms with E-state index in [1.54, 1.807) is 6.07 Å². The van der Waals surface area contributed by atoms with Crippen LogP contribution in [0.3, 0.4) is 0 Å². The van der Waals surface area contributed by atoms with Crippen LogP contribution in [0.1, 0.15) is 56.4 Å². The molecule has 2 N–H and O–H groups in total. The van der Waals surface area contributed by atoms with Crippen LogP contribution in [0.25, 0.3) is 0 Å². The zero-order chi connectivity index (χ0) is 24.4. The second-order valence-electron chi connectivity index (χ2n) is 10.3. The van der Waals surface area contributed by atoms with Crippen LogP contribution in [-0.4, -0.2) is 64.2 Å². The van der Waals surface area contributed by atoms with E-state index in [0.717, 1.165) is 56.7 Å². The maximum absolute atomic E-state index is 14.1. The lowest BCUT2D eigenvalue weighted by Crippen LogP contribution is -2.53. The number of nitrogens with zero attached hydrogens (tertiary/aromatic N) is 4. The summed E-state index contributed by atoms with van der Waals surface area (Å²) >= 11 is 0. The van der Waals surface area contributed by atoms with Gasteiger partial charge in [-0.05, 0) is 52.1 Å². The SMILES string of the molecule is CC1(C)c2cnc(NC3CCOCC3)nc2CN1C(=O)NC1CCCN(Cc2ccccc2F)C1. The van der Waals surface area contributed by atoms with Crippen molar-refractivity contribution in [1.29, 1.82) is 0 Å². The maximum atomic E-state index is 14.1.